The third-order valence-corrected chi connectivity index (χ3v) is 3.72. The number of carbonyl (C=O) groups excluding carboxylic acids is 4. The molecule has 0 unspecified atom stereocenters. The number of halogens is 1. The van der Waals surface area contributed by atoms with Gasteiger partial charge in [-0.2, -0.15) is 0 Å². The SMILES string of the molecule is O=C(CCc1ccc(C(=O)CBr)cc1)ON1C(=O)CCC1=O. The minimum Gasteiger partial charge on any atom is -0.330 e. The number of rotatable bonds is 6. The van der Waals surface area contributed by atoms with Gasteiger partial charge < -0.3 is 4.84 Å². The summed E-state index contributed by atoms with van der Waals surface area (Å²) in [6.07, 6.45) is 0.602. The lowest BCUT2D eigenvalue weighted by Gasteiger charge is -2.12. The molecule has 0 spiro atoms. The molecular weight excluding hydrogens is 354 g/mol. The van der Waals surface area contributed by atoms with Gasteiger partial charge in [-0.15, -0.1) is 5.06 Å². The van der Waals surface area contributed by atoms with Gasteiger partial charge in [0.05, 0.1) is 11.8 Å². The molecule has 1 saturated heterocycles. The molecule has 0 N–H and O–H groups in total. The lowest BCUT2D eigenvalue weighted by molar-refractivity contribution is -0.197. The minimum atomic E-state index is -0.635. The molecule has 22 heavy (non-hydrogen) atoms. The van der Waals surface area contributed by atoms with E-state index < -0.39 is 17.8 Å². The van der Waals surface area contributed by atoms with Gasteiger partial charge in [0.2, 0.25) is 0 Å². The minimum absolute atomic E-state index is 0.0167. The Bertz CT molecular complexity index is 595. The smallest absolute Gasteiger partial charge is 0.330 e. The average Bonchev–Trinajstić information content (AvgIpc) is 2.84. The van der Waals surface area contributed by atoms with Gasteiger partial charge in [0.15, 0.2) is 5.78 Å². The Kier molecular flexibility index (Phi) is 5.43. The van der Waals surface area contributed by atoms with Crippen molar-refractivity contribution in [2.75, 3.05) is 5.33 Å². The molecule has 2 amide bonds. The van der Waals surface area contributed by atoms with Gasteiger partial charge in [0.25, 0.3) is 11.8 Å². The fourth-order valence-electron chi connectivity index (χ4n) is 1.99. The molecule has 0 saturated carbocycles. The average molecular weight is 368 g/mol. The summed E-state index contributed by atoms with van der Waals surface area (Å²) in [6.45, 7) is 0. The van der Waals surface area contributed by atoms with Gasteiger partial charge in [0, 0.05) is 18.4 Å². The van der Waals surface area contributed by atoms with E-state index in [9.17, 15) is 19.2 Å². The molecule has 0 atom stereocenters. The first-order valence-electron chi connectivity index (χ1n) is 6.76. The van der Waals surface area contributed by atoms with E-state index in [2.05, 4.69) is 15.9 Å². The third-order valence-electron chi connectivity index (χ3n) is 3.21. The predicted molar refractivity (Wildman–Crippen MR) is 80.1 cm³/mol. The zero-order chi connectivity index (χ0) is 16.1. The van der Waals surface area contributed by atoms with Crippen molar-refractivity contribution in [3.63, 3.8) is 0 Å². The second-order valence-corrected chi connectivity index (χ2v) is 5.36. The Hall–Kier alpha value is -2.02. The van der Waals surface area contributed by atoms with Crippen LogP contribution in [0.2, 0.25) is 0 Å². The van der Waals surface area contributed by atoms with Crippen molar-refractivity contribution >= 4 is 39.5 Å². The van der Waals surface area contributed by atoms with Crippen molar-refractivity contribution in [3.05, 3.63) is 35.4 Å². The van der Waals surface area contributed by atoms with Crippen molar-refractivity contribution in [1.29, 1.82) is 0 Å². The topological polar surface area (TPSA) is 80.8 Å². The lowest BCUT2D eigenvalue weighted by atomic mass is 10.1. The van der Waals surface area contributed by atoms with Crippen molar-refractivity contribution < 1.29 is 24.0 Å². The summed E-state index contributed by atoms with van der Waals surface area (Å²) >= 11 is 3.10. The first-order valence-corrected chi connectivity index (χ1v) is 7.88. The molecule has 1 aliphatic rings. The second-order valence-electron chi connectivity index (χ2n) is 4.80. The molecule has 1 aliphatic heterocycles. The number of Topliss-reactive ketones (excluding diaryl/α,β-unsaturated/α-hetero) is 1. The van der Waals surface area contributed by atoms with E-state index >= 15 is 0 Å². The summed E-state index contributed by atoms with van der Waals surface area (Å²) in [4.78, 5) is 50.5. The highest BCUT2D eigenvalue weighted by Gasteiger charge is 2.32. The summed E-state index contributed by atoms with van der Waals surface area (Å²) in [5.74, 6) is -1.63. The Labute approximate surface area is 135 Å². The summed E-state index contributed by atoms with van der Waals surface area (Å²) in [7, 11) is 0. The summed E-state index contributed by atoms with van der Waals surface area (Å²) < 4.78 is 0. The molecule has 2 rings (SSSR count). The third kappa shape index (κ3) is 4.00. The molecule has 1 fully saturated rings. The molecule has 0 bridgehead atoms. The van der Waals surface area contributed by atoms with Crippen molar-refractivity contribution in [2.24, 2.45) is 0 Å². The number of hydrogen-bond donors (Lipinski definition) is 0. The van der Waals surface area contributed by atoms with Gasteiger partial charge in [-0.1, -0.05) is 40.2 Å². The van der Waals surface area contributed by atoms with Crippen LogP contribution in [0.3, 0.4) is 0 Å². The maximum Gasteiger partial charge on any atom is 0.333 e. The number of alkyl halides is 1. The quantitative estimate of drug-likeness (QED) is 0.435. The predicted octanol–water partition coefficient (Wildman–Crippen LogP) is 1.80. The number of hydrogen-bond acceptors (Lipinski definition) is 5. The van der Waals surface area contributed by atoms with Crippen LogP contribution in [0.25, 0.3) is 0 Å². The van der Waals surface area contributed by atoms with Crippen LogP contribution in [-0.4, -0.2) is 34.0 Å². The molecule has 0 aliphatic carbocycles. The first kappa shape index (κ1) is 16.4. The molecule has 116 valence electrons. The van der Waals surface area contributed by atoms with Crippen LogP contribution in [0.4, 0.5) is 0 Å². The number of amides is 2. The number of imide groups is 1. The number of nitrogens with zero attached hydrogens (tertiary/aromatic N) is 1. The van der Waals surface area contributed by atoms with E-state index in [1.54, 1.807) is 24.3 Å². The van der Waals surface area contributed by atoms with Crippen molar-refractivity contribution in [3.8, 4) is 0 Å². The Balaban J connectivity index is 1.84. The Morgan fingerprint density at radius 3 is 2.23 bits per heavy atom. The van der Waals surface area contributed by atoms with Gasteiger partial charge >= 0.3 is 5.97 Å². The van der Waals surface area contributed by atoms with Crippen LogP contribution in [0.15, 0.2) is 24.3 Å². The van der Waals surface area contributed by atoms with Crippen LogP contribution < -0.4 is 0 Å². The number of benzene rings is 1. The van der Waals surface area contributed by atoms with Gasteiger partial charge in [-0.05, 0) is 12.0 Å². The lowest BCUT2D eigenvalue weighted by Crippen LogP contribution is -2.32. The van der Waals surface area contributed by atoms with E-state index in [1.807, 2.05) is 0 Å². The maximum absolute atomic E-state index is 11.7. The highest BCUT2D eigenvalue weighted by molar-refractivity contribution is 9.09. The molecule has 1 aromatic rings. The largest absolute Gasteiger partial charge is 0.333 e. The van der Waals surface area contributed by atoms with Crippen LogP contribution in [0.5, 0.6) is 0 Å². The van der Waals surface area contributed by atoms with E-state index in [0.717, 1.165) is 5.56 Å². The molecule has 1 heterocycles. The van der Waals surface area contributed by atoms with E-state index in [4.69, 9.17) is 4.84 Å². The molecule has 0 aromatic heterocycles. The Morgan fingerprint density at radius 2 is 1.68 bits per heavy atom. The highest BCUT2D eigenvalue weighted by atomic mass is 79.9. The van der Waals surface area contributed by atoms with Gasteiger partial charge in [-0.25, -0.2) is 4.79 Å². The van der Waals surface area contributed by atoms with E-state index in [-0.39, 0.29) is 30.4 Å². The number of ketones is 1. The first-order chi connectivity index (χ1) is 10.5. The summed E-state index contributed by atoms with van der Waals surface area (Å²) in [5.41, 5.74) is 1.46. The van der Waals surface area contributed by atoms with E-state index in [0.29, 0.717) is 17.0 Å². The molecular formula is C15H14BrNO5. The molecule has 0 radical (unpaired) electrons. The number of hydroxylamine groups is 2. The fourth-order valence-corrected chi connectivity index (χ4v) is 2.31. The van der Waals surface area contributed by atoms with Crippen LogP contribution >= 0.6 is 15.9 Å². The second kappa shape index (κ2) is 7.31. The number of carbonyl (C=O) groups is 4. The zero-order valence-electron chi connectivity index (χ0n) is 11.7. The van der Waals surface area contributed by atoms with Crippen molar-refractivity contribution in [2.45, 2.75) is 25.7 Å². The zero-order valence-corrected chi connectivity index (χ0v) is 13.3. The number of aryl methyl sites for hydroxylation is 1. The normalized spacial score (nSPS) is 14.3. The summed E-state index contributed by atoms with van der Waals surface area (Å²) in [6, 6.07) is 6.90. The highest BCUT2D eigenvalue weighted by Crippen LogP contribution is 2.14. The fraction of sp³-hybridized carbons (Fsp3) is 0.333. The van der Waals surface area contributed by atoms with Crippen LogP contribution in [0, 0.1) is 0 Å². The molecule has 7 heteroatoms. The monoisotopic (exact) mass is 367 g/mol. The molecule has 1 aromatic carbocycles. The van der Waals surface area contributed by atoms with Crippen LogP contribution in [-0.2, 0) is 25.6 Å². The van der Waals surface area contributed by atoms with Gasteiger partial charge in [-0.3, -0.25) is 14.4 Å². The summed E-state index contributed by atoms with van der Waals surface area (Å²) in [5, 5.41) is 0.802. The molecule has 6 nitrogen and oxygen atoms in total. The Morgan fingerprint density at radius 1 is 1.09 bits per heavy atom. The van der Waals surface area contributed by atoms with Gasteiger partial charge in [0.1, 0.15) is 0 Å². The van der Waals surface area contributed by atoms with Crippen LogP contribution in [0.1, 0.15) is 35.2 Å². The van der Waals surface area contributed by atoms with E-state index in [1.165, 1.54) is 0 Å². The standard InChI is InChI=1S/C15H14BrNO5/c16-9-12(18)11-4-1-10(2-5-11)3-8-15(21)22-17-13(19)6-7-14(17)20/h1-2,4-5H,3,6-9H2. The maximum atomic E-state index is 11.7. The van der Waals surface area contributed by atoms with Crippen molar-refractivity contribution in [1.82, 2.24) is 5.06 Å².